The Balaban J connectivity index is 1.89. The minimum absolute atomic E-state index is 0.167. The highest BCUT2D eigenvalue weighted by atomic mass is 32.2. The number of thiophene rings is 1. The van der Waals surface area contributed by atoms with E-state index in [2.05, 4.69) is 10.0 Å². The molecule has 2 rings (SSSR count). The summed E-state index contributed by atoms with van der Waals surface area (Å²) in [5.74, 6) is -1.47. The third kappa shape index (κ3) is 3.83. The van der Waals surface area contributed by atoms with Crippen molar-refractivity contribution in [2.75, 3.05) is 7.05 Å². The first kappa shape index (κ1) is 16.9. The Hall–Kier alpha value is -1.49. The third-order valence-electron chi connectivity index (χ3n) is 3.19. The number of hydrogen-bond donors (Lipinski definition) is 3. The topological polar surface area (TPSA) is 122 Å². The first-order valence-corrected chi connectivity index (χ1v) is 8.81. The average molecular weight is 348 g/mol. The van der Waals surface area contributed by atoms with Crippen LogP contribution in [0.1, 0.15) is 17.7 Å². The maximum atomic E-state index is 11.9. The van der Waals surface area contributed by atoms with Crippen LogP contribution < -0.4 is 10.0 Å². The SMILES string of the molecule is CNS(=O)(=O)c1ccc(CNC(=O)[C@@H]2CC[C@H](C(=O)O)O2)s1. The van der Waals surface area contributed by atoms with E-state index in [-0.39, 0.29) is 10.8 Å². The Morgan fingerprint density at radius 1 is 1.36 bits per heavy atom. The second-order valence-corrected chi connectivity index (χ2v) is 7.96. The average Bonchev–Trinajstić information content (AvgIpc) is 3.14. The molecule has 122 valence electrons. The highest BCUT2D eigenvalue weighted by molar-refractivity contribution is 7.91. The van der Waals surface area contributed by atoms with Gasteiger partial charge in [0.15, 0.2) is 6.10 Å². The quantitative estimate of drug-likeness (QED) is 0.660. The summed E-state index contributed by atoms with van der Waals surface area (Å²) in [6, 6.07) is 3.08. The summed E-state index contributed by atoms with van der Waals surface area (Å²) in [7, 11) is -2.16. The van der Waals surface area contributed by atoms with Gasteiger partial charge in [-0.15, -0.1) is 11.3 Å². The van der Waals surface area contributed by atoms with Crippen molar-refractivity contribution in [3.8, 4) is 0 Å². The van der Waals surface area contributed by atoms with Gasteiger partial charge in [-0.2, -0.15) is 0 Å². The number of sulfonamides is 1. The van der Waals surface area contributed by atoms with Crippen molar-refractivity contribution in [3.63, 3.8) is 0 Å². The molecular weight excluding hydrogens is 332 g/mol. The van der Waals surface area contributed by atoms with Gasteiger partial charge in [0.25, 0.3) is 0 Å². The molecule has 1 aliphatic rings. The van der Waals surface area contributed by atoms with Crippen LogP contribution in [0.5, 0.6) is 0 Å². The Bertz CT molecular complexity index is 669. The zero-order valence-electron chi connectivity index (χ0n) is 11.7. The Labute approximate surface area is 131 Å². The van der Waals surface area contributed by atoms with Crippen LogP contribution in [0.15, 0.2) is 16.3 Å². The molecule has 22 heavy (non-hydrogen) atoms. The van der Waals surface area contributed by atoms with Gasteiger partial charge in [-0.1, -0.05) is 0 Å². The van der Waals surface area contributed by atoms with E-state index in [9.17, 15) is 18.0 Å². The van der Waals surface area contributed by atoms with Crippen LogP contribution in [0.4, 0.5) is 0 Å². The van der Waals surface area contributed by atoms with E-state index in [1.165, 1.54) is 13.1 Å². The van der Waals surface area contributed by atoms with E-state index >= 15 is 0 Å². The fourth-order valence-corrected chi connectivity index (χ4v) is 4.13. The van der Waals surface area contributed by atoms with E-state index < -0.39 is 34.1 Å². The molecule has 1 fully saturated rings. The molecule has 0 unspecified atom stereocenters. The molecule has 1 amide bonds. The lowest BCUT2D eigenvalue weighted by molar-refractivity contribution is -0.151. The number of carbonyl (C=O) groups excluding carboxylic acids is 1. The molecule has 1 saturated heterocycles. The van der Waals surface area contributed by atoms with Crippen LogP contribution in [-0.2, 0) is 30.9 Å². The molecule has 2 atom stereocenters. The molecule has 0 aromatic carbocycles. The van der Waals surface area contributed by atoms with Gasteiger partial charge in [0.05, 0.1) is 6.54 Å². The predicted octanol–water partition coefficient (Wildman–Crippen LogP) is -0.0954. The summed E-state index contributed by atoms with van der Waals surface area (Å²) in [6.07, 6.45) is -1.06. The summed E-state index contributed by atoms with van der Waals surface area (Å²) in [4.78, 5) is 23.3. The lowest BCUT2D eigenvalue weighted by Crippen LogP contribution is -2.35. The summed E-state index contributed by atoms with van der Waals surface area (Å²) < 4.78 is 30.7. The van der Waals surface area contributed by atoms with E-state index in [0.717, 1.165) is 11.3 Å². The van der Waals surface area contributed by atoms with Gasteiger partial charge in [-0.25, -0.2) is 17.9 Å². The Morgan fingerprint density at radius 3 is 2.64 bits per heavy atom. The largest absolute Gasteiger partial charge is 0.479 e. The van der Waals surface area contributed by atoms with Gasteiger partial charge < -0.3 is 15.2 Å². The molecule has 0 radical (unpaired) electrons. The van der Waals surface area contributed by atoms with Crippen molar-refractivity contribution < 1.29 is 27.9 Å². The zero-order valence-corrected chi connectivity index (χ0v) is 13.4. The monoisotopic (exact) mass is 348 g/mol. The van der Waals surface area contributed by atoms with Gasteiger partial charge >= 0.3 is 5.97 Å². The van der Waals surface area contributed by atoms with Gasteiger partial charge in [0.1, 0.15) is 10.3 Å². The highest BCUT2D eigenvalue weighted by Gasteiger charge is 2.34. The lowest BCUT2D eigenvalue weighted by Gasteiger charge is -2.11. The van der Waals surface area contributed by atoms with E-state index in [1.54, 1.807) is 6.07 Å². The Morgan fingerprint density at radius 2 is 2.05 bits per heavy atom. The fraction of sp³-hybridized carbons (Fsp3) is 0.500. The number of carboxylic acid groups (broad SMARTS) is 1. The molecule has 8 nitrogen and oxygen atoms in total. The summed E-state index contributed by atoms with van der Waals surface area (Å²) >= 11 is 1.05. The number of carboxylic acids is 1. The first-order valence-electron chi connectivity index (χ1n) is 6.51. The van der Waals surface area contributed by atoms with Crippen molar-refractivity contribution in [1.29, 1.82) is 0 Å². The van der Waals surface area contributed by atoms with Crippen LogP contribution in [0.2, 0.25) is 0 Å². The maximum Gasteiger partial charge on any atom is 0.332 e. The predicted molar refractivity (Wildman–Crippen MR) is 77.9 cm³/mol. The van der Waals surface area contributed by atoms with Crippen molar-refractivity contribution in [2.24, 2.45) is 0 Å². The number of hydrogen-bond acceptors (Lipinski definition) is 6. The zero-order chi connectivity index (χ0) is 16.3. The van der Waals surface area contributed by atoms with E-state index in [1.807, 2.05) is 0 Å². The lowest BCUT2D eigenvalue weighted by atomic mass is 10.2. The van der Waals surface area contributed by atoms with Gasteiger partial charge in [0, 0.05) is 4.88 Å². The van der Waals surface area contributed by atoms with Gasteiger partial charge in [0.2, 0.25) is 15.9 Å². The molecule has 1 aliphatic heterocycles. The second kappa shape index (κ2) is 6.73. The maximum absolute atomic E-state index is 11.9. The van der Waals surface area contributed by atoms with Gasteiger partial charge in [-0.3, -0.25) is 4.79 Å². The molecule has 2 heterocycles. The van der Waals surface area contributed by atoms with Crippen molar-refractivity contribution in [2.45, 2.75) is 35.8 Å². The minimum atomic E-state index is -3.48. The molecule has 1 aromatic rings. The molecule has 0 saturated carbocycles. The molecular formula is C12H16N2O6S2. The molecule has 0 spiro atoms. The molecule has 10 heteroatoms. The van der Waals surface area contributed by atoms with Crippen molar-refractivity contribution in [1.82, 2.24) is 10.0 Å². The van der Waals surface area contributed by atoms with Crippen LogP contribution in [0.3, 0.4) is 0 Å². The molecule has 0 bridgehead atoms. The molecule has 0 aliphatic carbocycles. The number of rotatable bonds is 6. The second-order valence-electron chi connectivity index (χ2n) is 4.68. The van der Waals surface area contributed by atoms with E-state index in [0.29, 0.717) is 17.7 Å². The van der Waals surface area contributed by atoms with E-state index in [4.69, 9.17) is 9.84 Å². The minimum Gasteiger partial charge on any atom is -0.479 e. The normalized spacial score (nSPS) is 21.7. The third-order valence-corrected chi connectivity index (χ3v) is 6.19. The molecule has 1 aromatic heterocycles. The number of nitrogens with one attached hydrogen (secondary N) is 2. The summed E-state index contributed by atoms with van der Waals surface area (Å²) in [5.41, 5.74) is 0. The van der Waals surface area contributed by atoms with Crippen LogP contribution >= 0.6 is 11.3 Å². The van der Waals surface area contributed by atoms with Crippen LogP contribution in [0, 0.1) is 0 Å². The van der Waals surface area contributed by atoms with Crippen LogP contribution in [0.25, 0.3) is 0 Å². The van der Waals surface area contributed by atoms with Gasteiger partial charge in [-0.05, 0) is 32.0 Å². The number of amides is 1. The first-order chi connectivity index (χ1) is 10.3. The standard InChI is InChI=1S/C12H16N2O6S2/c1-13-22(18,19)10-5-2-7(21-10)6-14-11(15)8-3-4-9(20-8)12(16)17/h2,5,8-9,13H,3-4,6H2,1H3,(H,14,15)(H,16,17)/t8-,9+/m0/s1. The number of carbonyl (C=O) groups is 2. The fourth-order valence-electron chi connectivity index (χ4n) is 2.00. The highest BCUT2D eigenvalue weighted by Crippen LogP contribution is 2.22. The molecule has 3 N–H and O–H groups in total. The summed E-state index contributed by atoms with van der Waals surface area (Å²) in [6.45, 7) is 0.167. The number of aliphatic carboxylic acids is 1. The van der Waals surface area contributed by atoms with Crippen molar-refractivity contribution >= 4 is 33.2 Å². The summed E-state index contributed by atoms with van der Waals surface area (Å²) in [5, 5.41) is 11.4. The number of ether oxygens (including phenoxy) is 1. The smallest absolute Gasteiger partial charge is 0.332 e. The van der Waals surface area contributed by atoms with Crippen LogP contribution in [-0.4, -0.2) is 44.7 Å². The Kier molecular flexibility index (Phi) is 5.16. The van der Waals surface area contributed by atoms with Crippen molar-refractivity contribution in [3.05, 3.63) is 17.0 Å².